The summed E-state index contributed by atoms with van der Waals surface area (Å²) in [6, 6.07) is 4.46. The molecule has 1 unspecified atom stereocenters. The van der Waals surface area contributed by atoms with Crippen molar-refractivity contribution < 1.29 is 9.18 Å². The number of carbonyl (C=O) groups excluding carboxylic acids is 1. The van der Waals surface area contributed by atoms with Crippen LogP contribution in [0.3, 0.4) is 0 Å². The van der Waals surface area contributed by atoms with E-state index in [-0.39, 0.29) is 11.7 Å². The summed E-state index contributed by atoms with van der Waals surface area (Å²) in [5.74, 6) is 0.0686. The molecule has 1 saturated heterocycles. The van der Waals surface area contributed by atoms with Gasteiger partial charge < -0.3 is 10.6 Å². The van der Waals surface area contributed by atoms with E-state index in [0.29, 0.717) is 22.5 Å². The molecule has 1 aliphatic heterocycles. The zero-order valence-electron chi connectivity index (χ0n) is 9.30. The van der Waals surface area contributed by atoms with Gasteiger partial charge in [0.25, 0.3) is 0 Å². The third kappa shape index (κ3) is 3.51. The van der Waals surface area contributed by atoms with E-state index in [9.17, 15) is 9.18 Å². The number of amides is 1. The summed E-state index contributed by atoms with van der Waals surface area (Å²) >= 11 is 3.09. The largest absolute Gasteiger partial charge is 0.326 e. The number of hydrogen-bond acceptors (Lipinski definition) is 2. The van der Waals surface area contributed by atoms with Gasteiger partial charge in [0.2, 0.25) is 5.91 Å². The van der Waals surface area contributed by atoms with Gasteiger partial charge in [-0.25, -0.2) is 4.39 Å². The molecule has 0 aromatic heterocycles. The minimum Gasteiger partial charge on any atom is -0.326 e. The lowest BCUT2D eigenvalue weighted by Crippen LogP contribution is -2.18. The Bertz CT molecular complexity index is 419. The minimum absolute atomic E-state index is 0.0165. The van der Waals surface area contributed by atoms with Crippen LogP contribution in [0.4, 0.5) is 10.1 Å². The fourth-order valence-corrected chi connectivity index (χ4v) is 2.32. The molecule has 5 heteroatoms. The van der Waals surface area contributed by atoms with E-state index in [1.54, 1.807) is 12.1 Å². The van der Waals surface area contributed by atoms with Gasteiger partial charge in [-0.2, -0.15) is 0 Å². The van der Waals surface area contributed by atoms with Gasteiger partial charge >= 0.3 is 0 Å². The average molecular weight is 301 g/mol. The highest BCUT2D eigenvalue weighted by Crippen LogP contribution is 2.21. The molecule has 2 rings (SSSR count). The van der Waals surface area contributed by atoms with Crippen LogP contribution in [0.15, 0.2) is 22.7 Å². The van der Waals surface area contributed by atoms with Crippen molar-refractivity contribution >= 4 is 27.5 Å². The number of rotatable bonds is 3. The van der Waals surface area contributed by atoms with Gasteiger partial charge in [-0.15, -0.1) is 0 Å². The van der Waals surface area contributed by atoms with Crippen molar-refractivity contribution in [1.82, 2.24) is 5.32 Å². The van der Waals surface area contributed by atoms with Crippen LogP contribution in [-0.2, 0) is 4.79 Å². The third-order valence-electron chi connectivity index (χ3n) is 2.84. The van der Waals surface area contributed by atoms with E-state index in [2.05, 4.69) is 26.6 Å². The molecule has 17 heavy (non-hydrogen) atoms. The number of halogens is 2. The van der Waals surface area contributed by atoms with Crippen molar-refractivity contribution in [3.05, 3.63) is 28.5 Å². The first-order valence-corrected chi connectivity index (χ1v) is 6.40. The van der Waals surface area contributed by atoms with Gasteiger partial charge in [-0.05, 0) is 59.6 Å². The molecule has 0 aliphatic carbocycles. The molecule has 2 N–H and O–H groups in total. The van der Waals surface area contributed by atoms with E-state index in [1.807, 2.05) is 0 Å². The number of benzene rings is 1. The maximum absolute atomic E-state index is 13.0. The van der Waals surface area contributed by atoms with Crippen LogP contribution < -0.4 is 10.6 Å². The second-order valence-corrected chi connectivity index (χ2v) is 5.09. The zero-order valence-corrected chi connectivity index (χ0v) is 10.9. The number of anilines is 1. The molecule has 1 atom stereocenters. The first-order valence-electron chi connectivity index (χ1n) is 5.61. The summed E-state index contributed by atoms with van der Waals surface area (Å²) in [5.41, 5.74) is 0.620. The molecule has 0 saturated carbocycles. The van der Waals surface area contributed by atoms with Gasteiger partial charge in [0, 0.05) is 12.1 Å². The van der Waals surface area contributed by atoms with Crippen molar-refractivity contribution in [3.8, 4) is 0 Å². The number of hydrogen-bond donors (Lipinski definition) is 2. The Morgan fingerprint density at radius 3 is 3.06 bits per heavy atom. The summed E-state index contributed by atoms with van der Waals surface area (Å²) < 4.78 is 13.4. The van der Waals surface area contributed by atoms with Crippen molar-refractivity contribution in [2.24, 2.45) is 5.92 Å². The summed E-state index contributed by atoms with van der Waals surface area (Å²) in [4.78, 5) is 11.7. The fourth-order valence-electron chi connectivity index (χ4n) is 1.94. The van der Waals surface area contributed by atoms with E-state index >= 15 is 0 Å². The topological polar surface area (TPSA) is 41.1 Å². The second-order valence-electron chi connectivity index (χ2n) is 4.24. The standard InChI is InChI=1S/C12H14BrFN2O/c13-10-6-9(1-2-11(10)14)16-12(17)5-8-3-4-15-7-8/h1-2,6,8,15H,3-5,7H2,(H,16,17). The summed E-state index contributed by atoms with van der Waals surface area (Å²) in [6.45, 7) is 1.89. The molecular weight excluding hydrogens is 287 g/mol. The Hall–Kier alpha value is -0.940. The molecule has 92 valence electrons. The molecule has 0 spiro atoms. The van der Waals surface area contributed by atoms with Gasteiger partial charge in [-0.3, -0.25) is 4.79 Å². The van der Waals surface area contributed by atoms with Crippen LogP contribution in [0.25, 0.3) is 0 Å². The first kappa shape index (κ1) is 12.5. The van der Waals surface area contributed by atoms with Crippen molar-refractivity contribution in [1.29, 1.82) is 0 Å². The molecule has 1 heterocycles. The zero-order chi connectivity index (χ0) is 12.3. The molecule has 1 aliphatic rings. The lowest BCUT2D eigenvalue weighted by atomic mass is 10.0. The monoisotopic (exact) mass is 300 g/mol. The predicted octanol–water partition coefficient (Wildman–Crippen LogP) is 2.53. The van der Waals surface area contributed by atoms with E-state index in [4.69, 9.17) is 0 Å². The number of carbonyl (C=O) groups is 1. The quantitative estimate of drug-likeness (QED) is 0.901. The summed E-state index contributed by atoms with van der Waals surface area (Å²) in [5, 5.41) is 5.99. The Morgan fingerprint density at radius 2 is 2.41 bits per heavy atom. The van der Waals surface area contributed by atoms with E-state index < -0.39 is 0 Å². The van der Waals surface area contributed by atoms with Crippen LogP contribution in [0.5, 0.6) is 0 Å². The van der Waals surface area contributed by atoms with Crippen molar-refractivity contribution in [2.45, 2.75) is 12.8 Å². The van der Waals surface area contributed by atoms with Gasteiger partial charge in [0.1, 0.15) is 5.82 Å². The highest BCUT2D eigenvalue weighted by molar-refractivity contribution is 9.10. The lowest BCUT2D eigenvalue weighted by Gasteiger charge is -2.09. The van der Waals surface area contributed by atoms with Gasteiger partial charge in [-0.1, -0.05) is 0 Å². The van der Waals surface area contributed by atoms with Crippen molar-refractivity contribution in [3.63, 3.8) is 0 Å². The van der Waals surface area contributed by atoms with Crippen LogP contribution in [0.2, 0.25) is 0 Å². The smallest absolute Gasteiger partial charge is 0.224 e. The molecule has 1 aromatic carbocycles. The van der Waals surface area contributed by atoms with Crippen LogP contribution in [0.1, 0.15) is 12.8 Å². The van der Waals surface area contributed by atoms with Crippen molar-refractivity contribution in [2.75, 3.05) is 18.4 Å². The van der Waals surface area contributed by atoms with Gasteiger partial charge in [0.15, 0.2) is 0 Å². The SMILES string of the molecule is O=C(CC1CCNC1)Nc1ccc(F)c(Br)c1. The number of nitrogens with one attached hydrogen (secondary N) is 2. The Kier molecular flexibility index (Phi) is 4.12. The molecule has 1 aromatic rings. The van der Waals surface area contributed by atoms with Crippen LogP contribution >= 0.6 is 15.9 Å². The molecule has 1 amide bonds. The second kappa shape index (κ2) is 5.60. The Labute approximate surface area is 108 Å². The Balaban J connectivity index is 1.90. The molecular formula is C12H14BrFN2O. The predicted molar refractivity (Wildman–Crippen MR) is 68.3 cm³/mol. The highest BCUT2D eigenvalue weighted by Gasteiger charge is 2.18. The first-order chi connectivity index (χ1) is 8.15. The average Bonchev–Trinajstić information content (AvgIpc) is 2.76. The fraction of sp³-hybridized carbons (Fsp3) is 0.417. The molecule has 0 radical (unpaired) electrons. The normalized spacial score (nSPS) is 19.3. The minimum atomic E-state index is -0.331. The van der Waals surface area contributed by atoms with Gasteiger partial charge in [0.05, 0.1) is 4.47 Å². The molecule has 1 fully saturated rings. The highest BCUT2D eigenvalue weighted by atomic mass is 79.9. The maximum atomic E-state index is 13.0. The van der Waals surface area contributed by atoms with Crippen LogP contribution in [0, 0.1) is 11.7 Å². The lowest BCUT2D eigenvalue weighted by molar-refractivity contribution is -0.116. The van der Waals surface area contributed by atoms with Crippen LogP contribution in [-0.4, -0.2) is 19.0 Å². The summed E-state index contributed by atoms with van der Waals surface area (Å²) in [6.07, 6.45) is 1.56. The maximum Gasteiger partial charge on any atom is 0.224 e. The summed E-state index contributed by atoms with van der Waals surface area (Å²) in [7, 11) is 0. The third-order valence-corrected chi connectivity index (χ3v) is 3.45. The molecule has 0 bridgehead atoms. The molecule has 3 nitrogen and oxygen atoms in total. The van der Waals surface area contributed by atoms with E-state index in [0.717, 1.165) is 19.5 Å². The van der Waals surface area contributed by atoms with E-state index in [1.165, 1.54) is 6.07 Å². The Morgan fingerprint density at radius 1 is 1.59 bits per heavy atom.